The number of nitrogens with one attached hydrogen (secondary N) is 1. The highest BCUT2D eigenvalue weighted by atomic mass is 16.2. The first-order valence-electron chi connectivity index (χ1n) is 4.30. The summed E-state index contributed by atoms with van der Waals surface area (Å²) < 4.78 is 0. The third-order valence-corrected chi connectivity index (χ3v) is 1.74. The van der Waals surface area contributed by atoms with Crippen LogP contribution in [0.3, 0.4) is 0 Å². The van der Waals surface area contributed by atoms with Gasteiger partial charge in [0.15, 0.2) is 0 Å². The van der Waals surface area contributed by atoms with E-state index >= 15 is 0 Å². The van der Waals surface area contributed by atoms with Gasteiger partial charge in [0.1, 0.15) is 0 Å². The van der Waals surface area contributed by atoms with Crippen LogP contribution in [-0.4, -0.2) is 17.0 Å². The molecule has 0 aromatic carbocycles. The Morgan fingerprint density at radius 3 is 2.00 bits per heavy atom. The van der Waals surface area contributed by atoms with Crippen LogP contribution in [-0.2, 0) is 4.79 Å². The lowest BCUT2D eigenvalue weighted by atomic mass is 9.97. The first-order valence-corrected chi connectivity index (χ1v) is 4.30. The van der Waals surface area contributed by atoms with E-state index in [9.17, 15) is 4.79 Å². The fraction of sp³-hybridized carbons (Fsp3) is 0.889. The minimum absolute atomic E-state index is 0.0856. The average Bonchev–Trinajstić information content (AvgIpc) is 1.84. The average molecular weight is 172 g/mol. The molecule has 0 fully saturated rings. The van der Waals surface area contributed by atoms with Crippen LogP contribution in [0.4, 0.5) is 0 Å². The van der Waals surface area contributed by atoms with Crippen molar-refractivity contribution in [1.82, 2.24) is 5.32 Å². The number of nitrogens with two attached hydrogens (primary N) is 1. The van der Waals surface area contributed by atoms with E-state index in [-0.39, 0.29) is 11.4 Å². The van der Waals surface area contributed by atoms with Crippen molar-refractivity contribution in [2.24, 2.45) is 5.73 Å². The third kappa shape index (κ3) is 3.72. The minimum Gasteiger partial charge on any atom is -0.350 e. The lowest BCUT2D eigenvalue weighted by Gasteiger charge is -2.28. The van der Waals surface area contributed by atoms with Gasteiger partial charge in [-0.1, -0.05) is 6.92 Å². The highest BCUT2D eigenvalue weighted by Crippen LogP contribution is 2.07. The summed E-state index contributed by atoms with van der Waals surface area (Å²) in [6.07, 6.45) is 0.648. The molecule has 1 amide bonds. The molecule has 3 nitrogen and oxygen atoms in total. The van der Waals surface area contributed by atoms with Gasteiger partial charge in [0.05, 0.1) is 5.54 Å². The van der Waals surface area contributed by atoms with Crippen molar-refractivity contribution in [2.45, 2.75) is 52.1 Å². The molecule has 1 atom stereocenters. The van der Waals surface area contributed by atoms with Gasteiger partial charge < -0.3 is 11.1 Å². The zero-order valence-corrected chi connectivity index (χ0v) is 8.69. The fourth-order valence-corrected chi connectivity index (χ4v) is 0.644. The number of amides is 1. The van der Waals surface area contributed by atoms with Gasteiger partial charge in [-0.15, -0.1) is 0 Å². The predicted octanol–water partition coefficient (Wildman–Crippen LogP) is 1.03. The minimum atomic E-state index is -0.743. The zero-order valence-electron chi connectivity index (χ0n) is 8.69. The second kappa shape index (κ2) is 3.44. The van der Waals surface area contributed by atoms with Crippen molar-refractivity contribution in [3.05, 3.63) is 0 Å². The molecule has 0 aromatic rings. The van der Waals surface area contributed by atoms with Crippen LogP contribution in [0.1, 0.15) is 41.0 Å². The number of rotatable bonds is 2. The Morgan fingerprint density at radius 1 is 1.33 bits per heavy atom. The Kier molecular flexibility index (Phi) is 3.27. The summed E-state index contributed by atoms with van der Waals surface area (Å²) in [5.74, 6) is -0.0856. The molecule has 12 heavy (non-hydrogen) atoms. The molecule has 0 aromatic heterocycles. The molecule has 1 unspecified atom stereocenters. The van der Waals surface area contributed by atoms with Crippen molar-refractivity contribution >= 4 is 5.91 Å². The van der Waals surface area contributed by atoms with Crippen LogP contribution < -0.4 is 11.1 Å². The summed E-state index contributed by atoms with van der Waals surface area (Å²) in [6, 6.07) is 0. The van der Waals surface area contributed by atoms with E-state index in [1.165, 1.54) is 0 Å². The quantitative estimate of drug-likeness (QED) is 0.653. The standard InChI is InChI=1S/C9H20N2O/c1-6-9(5,10)7(12)11-8(2,3)4/h6,10H2,1-5H3,(H,11,12). The van der Waals surface area contributed by atoms with E-state index in [0.717, 1.165) is 0 Å². The van der Waals surface area contributed by atoms with Crippen molar-refractivity contribution in [3.63, 3.8) is 0 Å². The first-order chi connectivity index (χ1) is 5.19. The van der Waals surface area contributed by atoms with Gasteiger partial charge in [0.2, 0.25) is 5.91 Å². The molecule has 0 aliphatic heterocycles. The number of hydrogen-bond acceptors (Lipinski definition) is 2. The van der Waals surface area contributed by atoms with E-state index in [1.54, 1.807) is 6.92 Å². The monoisotopic (exact) mass is 172 g/mol. The lowest BCUT2D eigenvalue weighted by Crippen LogP contribution is -2.56. The number of carbonyl (C=O) groups excluding carboxylic acids is 1. The summed E-state index contributed by atoms with van der Waals surface area (Å²) in [5, 5.41) is 2.85. The van der Waals surface area contributed by atoms with Crippen LogP contribution >= 0.6 is 0 Å². The molecular weight excluding hydrogens is 152 g/mol. The number of carbonyl (C=O) groups is 1. The lowest BCUT2D eigenvalue weighted by molar-refractivity contribution is -0.127. The molecule has 0 aliphatic rings. The van der Waals surface area contributed by atoms with Gasteiger partial charge in [0.25, 0.3) is 0 Å². The smallest absolute Gasteiger partial charge is 0.240 e. The molecule has 0 heterocycles. The van der Waals surface area contributed by atoms with Crippen molar-refractivity contribution in [3.8, 4) is 0 Å². The van der Waals surface area contributed by atoms with E-state index < -0.39 is 5.54 Å². The molecule has 0 saturated heterocycles. The first kappa shape index (κ1) is 11.4. The van der Waals surface area contributed by atoms with E-state index in [2.05, 4.69) is 5.32 Å². The molecule has 3 N–H and O–H groups in total. The van der Waals surface area contributed by atoms with Gasteiger partial charge in [-0.3, -0.25) is 4.79 Å². The Labute approximate surface area is 74.7 Å². The Bertz CT molecular complexity index is 168. The summed E-state index contributed by atoms with van der Waals surface area (Å²) in [7, 11) is 0. The fourth-order valence-electron chi connectivity index (χ4n) is 0.644. The Balaban J connectivity index is 4.23. The highest BCUT2D eigenvalue weighted by molar-refractivity contribution is 5.86. The summed E-state index contributed by atoms with van der Waals surface area (Å²) in [4.78, 5) is 11.5. The largest absolute Gasteiger partial charge is 0.350 e. The molecule has 72 valence electrons. The van der Waals surface area contributed by atoms with E-state index in [4.69, 9.17) is 5.73 Å². The maximum absolute atomic E-state index is 11.5. The SMILES string of the molecule is CCC(C)(N)C(=O)NC(C)(C)C. The van der Waals surface area contributed by atoms with Crippen LogP contribution in [0, 0.1) is 0 Å². The van der Waals surface area contributed by atoms with Crippen LogP contribution in [0.5, 0.6) is 0 Å². The molecule has 0 saturated carbocycles. The van der Waals surface area contributed by atoms with Gasteiger partial charge >= 0.3 is 0 Å². The third-order valence-electron chi connectivity index (χ3n) is 1.74. The second-order valence-corrected chi connectivity index (χ2v) is 4.48. The van der Waals surface area contributed by atoms with E-state index in [0.29, 0.717) is 6.42 Å². The maximum Gasteiger partial charge on any atom is 0.240 e. The Morgan fingerprint density at radius 2 is 1.75 bits per heavy atom. The Hall–Kier alpha value is -0.570. The van der Waals surface area contributed by atoms with E-state index in [1.807, 2.05) is 27.7 Å². The predicted molar refractivity (Wildman–Crippen MR) is 50.8 cm³/mol. The molecule has 0 aliphatic carbocycles. The zero-order chi connectivity index (χ0) is 9.99. The van der Waals surface area contributed by atoms with Crippen molar-refractivity contribution in [1.29, 1.82) is 0 Å². The maximum atomic E-state index is 11.5. The molecule has 0 radical (unpaired) electrons. The van der Waals surface area contributed by atoms with Crippen LogP contribution in [0.25, 0.3) is 0 Å². The summed E-state index contributed by atoms with van der Waals surface area (Å²) >= 11 is 0. The van der Waals surface area contributed by atoms with Crippen LogP contribution in [0.15, 0.2) is 0 Å². The van der Waals surface area contributed by atoms with Gasteiger partial charge in [-0.05, 0) is 34.1 Å². The van der Waals surface area contributed by atoms with Crippen molar-refractivity contribution in [2.75, 3.05) is 0 Å². The summed E-state index contributed by atoms with van der Waals surface area (Å²) in [6.45, 7) is 9.47. The highest BCUT2D eigenvalue weighted by Gasteiger charge is 2.28. The van der Waals surface area contributed by atoms with Crippen molar-refractivity contribution < 1.29 is 4.79 Å². The van der Waals surface area contributed by atoms with Crippen LogP contribution in [0.2, 0.25) is 0 Å². The van der Waals surface area contributed by atoms with Gasteiger partial charge in [0, 0.05) is 5.54 Å². The topological polar surface area (TPSA) is 55.1 Å². The molecule has 0 bridgehead atoms. The normalized spacial score (nSPS) is 16.8. The number of hydrogen-bond donors (Lipinski definition) is 2. The molecule has 0 spiro atoms. The van der Waals surface area contributed by atoms with Gasteiger partial charge in [-0.2, -0.15) is 0 Å². The molecular formula is C9H20N2O. The molecule has 3 heteroatoms. The summed E-state index contributed by atoms with van der Waals surface area (Å²) in [5.41, 5.74) is 4.81. The van der Waals surface area contributed by atoms with Gasteiger partial charge in [-0.25, -0.2) is 0 Å². The second-order valence-electron chi connectivity index (χ2n) is 4.48. The molecule has 0 rings (SSSR count).